The van der Waals surface area contributed by atoms with Crippen LogP contribution in [0.3, 0.4) is 0 Å². The largest absolute Gasteiger partial charge is 0.289 e. The molecule has 2 heteroatoms. The van der Waals surface area contributed by atoms with Crippen LogP contribution in [0.25, 0.3) is 0 Å². The first kappa shape index (κ1) is 8.83. The summed E-state index contributed by atoms with van der Waals surface area (Å²) in [7, 11) is 0. The Balaban J connectivity index is 2.84. The maximum Gasteiger partial charge on any atom is 0.193 e. The lowest BCUT2D eigenvalue weighted by molar-refractivity contribution is -0.103. The Morgan fingerprint density at radius 3 is 2.50 bits per heavy atom. The Morgan fingerprint density at radius 2 is 2.00 bits per heavy atom. The van der Waals surface area contributed by atoms with Crippen molar-refractivity contribution < 1.29 is 4.79 Å². The molecule has 12 heavy (non-hydrogen) atoms. The van der Waals surface area contributed by atoms with E-state index in [-0.39, 0.29) is 0 Å². The van der Waals surface area contributed by atoms with Crippen LogP contribution in [-0.2, 0) is 10.7 Å². The average molecular weight is 179 g/mol. The quantitative estimate of drug-likeness (QED) is 0.365. The van der Waals surface area contributed by atoms with Crippen LogP contribution in [0.15, 0.2) is 24.3 Å². The zero-order chi connectivity index (χ0) is 8.81. The van der Waals surface area contributed by atoms with Gasteiger partial charge in [0.15, 0.2) is 6.29 Å². The van der Waals surface area contributed by atoms with Crippen molar-refractivity contribution in [3.63, 3.8) is 0 Å². The Hall–Kier alpha value is -1.26. The van der Waals surface area contributed by atoms with Crippen LogP contribution in [0.5, 0.6) is 0 Å². The molecule has 0 radical (unpaired) electrons. The van der Waals surface area contributed by atoms with Gasteiger partial charge in [0.1, 0.15) is 0 Å². The molecule has 0 aliphatic carbocycles. The first-order valence-corrected chi connectivity index (χ1v) is 4.00. The van der Waals surface area contributed by atoms with Crippen LogP contribution in [0, 0.1) is 11.8 Å². The molecule has 0 aromatic heterocycles. The predicted octanol–water partition coefficient (Wildman–Crippen LogP) is 1.98. The van der Waals surface area contributed by atoms with Crippen molar-refractivity contribution in [3.8, 4) is 11.8 Å². The fraction of sp³-hybridized carbons (Fsp3) is 0.100. The Labute approximate surface area is 76.4 Å². The molecule has 0 N–H and O–H groups in total. The van der Waals surface area contributed by atoms with Crippen LogP contribution in [0.2, 0.25) is 0 Å². The van der Waals surface area contributed by atoms with E-state index in [0.717, 1.165) is 11.1 Å². The van der Waals surface area contributed by atoms with Crippen molar-refractivity contribution in [3.05, 3.63) is 35.4 Å². The monoisotopic (exact) mass is 178 g/mol. The maximum atomic E-state index is 9.91. The lowest BCUT2D eigenvalue weighted by atomic mass is 10.1. The summed E-state index contributed by atoms with van der Waals surface area (Å²) >= 11 is 5.59. The normalized spacial score (nSPS) is 8.42. The molecular formula is C10H7ClO. The van der Waals surface area contributed by atoms with Crippen molar-refractivity contribution in [1.82, 2.24) is 0 Å². The van der Waals surface area contributed by atoms with Crippen molar-refractivity contribution in [2.24, 2.45) is 0 Å². The van der Waals surface area contributed by atoms with Crippen LogP contribution in [0.1, 0.15) is 11.1 Å². The highest BCUT2D eigenvalue weighted by Gasteiger charge is 1.88. The minimum absolute atomic E-state index is 0.501. The van der Waals surface area contributed by atoms with E-state index in [0.29, 0.717) is 12.2 Å². The number of aldehydes is 1. The third-order valence-electron chi connectivity index (χ3n) is 1.38. The van der Waals surface area contributed by atoms with Gasteiger partial charge in [-0.05, 0) is 23.6 Å². The molecular weight excluding hydrogens is 172 g/mol. The fourth-order valence-electron chi connectivity index (χ4n) is 0.790. The molecule has 60 valence electrons. The van der Waals surface area contributed by atoms with Crippen LogP contribution >= 0.6 is 11.6 Å². The van der Waals surface area contributed by atoms with Crippen molar-refractivity contribution in [2.75, 3.05) is 0 Å². The predicted molar refractivity (Wildman–Crippen MR) is 48.9 cm³/mol. The van der Waals surface area contributed by atoms with E-state index in [2.05, 4.69) is 11.8 Å². The Morgan fingerprint density at radius 1 is 1.33 bits per heavy atom. The number of benzene rings is 1. The maximum absolute atomic E-state index is 9.91. The SMILES string of the molecule is O=CC#Cc1ccc(CCl)cc1. The summed E-state index contributed by atoms with van der Waals surface area (Å²) in [4.78, 5) is 9.91. The van der Waals surface area contributed by atoms with Crippen LogP contribution < -0.4 is 0 Å². The molecule has 0 saturated carbocycles. The van der Waals surface area contributed by atoms with Gasteiger partial charge in [-0.15, -0.1) is 11.6 Å². The Kier molecular flexibility index (Phi) is 3.37. The summed E-state index contributed by atoms with van der Waals surface area (Å²) in [5, 5.41) is 0. The van der Waals surface area contributed by atoms with E-state index in [1.54, 1.807) is 0 Å². The third kappa shape index (κ3) is 2.41. The second-order valence-electron chi connectivity index (χ2n) is 2.22. The highest BCUT2D eigenvalue weighted by molar-refractivity contribution is 6.17. The number of halogens is 1. The zero-order valence-electron chi connectivity index (χ0n) is 6.38. The summed E-state index contributed by atoms with van der Waals surface area (Å²) < 4.78 is 0. The second kappa shape index (κ2) is 4.58. The lowest BCUT2D eigenvalue weighted by Gasteiger charge is -1.93. The fourth-order valence-corrected chi connectivity index (χ4v) is 0.968. The molecule has 1 nitrogen and oxygen atoms in total. The summed E-state index contributed by atoms with van der Waals surface area (Å²) in [5.74, 6) is 5.52. The van der Waals surface area contributed by atoms with Gasteiger partial charge in [-0.1, -0.05) is 18.1 Å². The number of hydrogen-bond acceptors (Lipinski definition) is 1. The topological polar surface area (TPSA) is 17.1 Å². The molecule has 0 bridgehead atoms. The number of rotatable bonds is 1. The van der Waals surface area contributed by atoms with Gasteiger partial charge in [0, 0.05) is 11.4 Å². The van der Waals surface area contributed by atoms with Crippen molar-refractivity contribution >= 4 is 17.9 Å². The van der Waals surface area contributed by atoms with Crippen molar-refractivity contribution in [2.45, 2.75) is 5.88 Å². The average Bonchev–Trinajstić information content (AvgIpc) is 2.15. The van der Waals surface area contributed by atoms with Gasteiger partial charge in [-0.25, -0.2) is 0 Å². The molecule has 0 amide bonds. The molecule has 0 fully saturated rings. The first-order chi connectivity index (χ1) is 5.86. The van der Waals surface area contributed by atoms with Crippen LogP contribution in [-0.4, -0.2) is 6.29 Å². The minimum atomic E-state index is 0.501. The van der Waals surface area contributed by atoms with Gasteiger partial charge in [0.05, 0.1) is 0 Å². The van der Waals surface area contributed by atoms with E-state index < -0.39 is 0 Å². The molecule has 0 atom stereocenters. The molecule has 0 saturated heterocycles. The number of carbonyl (C=O) groups is 1. The number of hydrogen-bond donors (Lipinski definition) is 0. The van der Waals surface area contributed by atoms with E-state index in [9.17, 15) is 4.79 Å². The summed E-state index contributed by atoms with van der Waals surface area (Å²) in [6, 6.07) is 7.46. The highest BCUT2D eigenvalue weighted by Crippen LogP contribution is 2.05. The van der Waals surface area contributed by atoms with Crippen LogP contribution in [0.4, 0.5) is 0 Å². The zero-order valence-corrected chi connectivity index (χ0v) is 7.14. The number of carbonyl (C=O) groups excluding carboxylic acids is 1. The number of alkyl halides is 1. The van der Waals surface area contributed by atoms with Gasteiger partial charge < -0.3 is 0 Å². The van der Waals surface area contributed by atoms with E-state index in [4.69, 9.17) is 11.6 Å². The summed E-state index contributed by atoms with van der Waals surface area (Å²) in [6.45, 7) is 0. The highest BCUT2D eigenvalue weighted by atomic mass is 35.5. The van der Waals surface area contributed by atoms with Gasteiger partial charge in [-0.2, -0.15) is 0 Å². The molecule has 0 heterocycles. The molecule has 1 rings (SSSR count). The van der Waals surface area contributed by atoms with Gasteiger partial charge >= 0.3 is 0 Å². The summed E-state index contributed by atoms with van der Waals surface area (Å²) in [6.07, 6.45) is 0.579. The smallest absolute Gasteiger partial charge is 0.193 e. The molecule has 0 aliphatic rings. The van der Waals surface area contributed by atoms with Gasteiger partial charge in [0.25, 0.3) is 0 Å². The van der Waals surface area contributed by atoms with E-state index in [1.807, 2.05) is 24.3 Å². The van der Waals surface area contributed by atoms with Gasteiger partial charge in [-0.3, -0.25) is 4.79 Å². The molecule has 0 spiro atoms. The van der Waals surface area contributed by atoms with E-state index >= 15 is 0 Å². The Bertz CT molecular complexity index is 316. The lowest BCUT2D eigenvalue weighted by Crippen LogP contribution is -1.78. The van der Waals surface area contributed by atoms with Gasteiger partial charge in [0.2, 0.25) is 0 Å². The van der Waals surface area contributed by atoms with Crippen molar-refractivity contribution in [1.29, 1.82) is 0 Å². The van der Waals surface area contributed by atoms with E-state index in [1.165, 1.54) is 0 Å². The standard InChI is InChI=1S/C10H7ClO/c11-8-10-5-3-9(4-6-10)2-1-7-12/h3-7H,8H2. The third-order valence-corrected chi connectivity index (χ3v) is 1.69. The molecule has 0 unspecified atom stereocenters. The first-order valence-electron chi connectivity index (χ1n) is 3.47. The molecule has 1 aromatic rings. The molecule has 0 aliphatic heterocycles. The minimum Gasteiger partial charge on any atom is -0.289 e. The molecule has 1 aromatic carbocycles. The second-order valence-corrected chi connectivity index (χ2v) is 2.49. The summed E-state index contributed by atoms with van der Waals surface area (Å²) in [5.41, 5.74) is 1.88.